The minimum atomic E-state index is -0.697. The van der Waals surface area contributed by atoms with Crippen LogP contribution < -0.4 is 0 Å². The van der Waals surface area contributed by atoms with Crippen molar-refractivity contribution in [2.24, 2.45) is 0 Å². The number of aryl methyl sites for hydroxylation is 1. The smallest absolute Gasteiger partial charge is 0.335 e. The van der Waals surface area contributed by atoms with E-state index in [9.17, 15) is 4.79 Å². The van der Waals surface area contributed by atoms with Gasteiger partial charge in [0.1, 0.15) is 5.75 Å². The number of phenolic OH excluding ortho intramolecular Hbond substituents is 1. The van der Waals surface area contributed by atoms with Gasteiger partial charge < -0.3 is 10.2 Å². The van der Waals surface area contributed by atoms with Gasteiger partial charge in [0.15, 0.2) is 0 Å². The highest BCUT2D eigenvalue weighted by molar-refractivity contribution is 5.89. The molecule has 64 valence electrons. The molecule has 1 aromatic rings. The normalized spacial score (nSPS) is 10.6. The van der Waals surface area contributed by atoms with Crippen LogP contribution in [0.1, 0.15) is 22.8 Å². The second-order valence-corrected chi connectivity index (χ2v) is 2.48. The van der Waals surface area contributed by atoms with Gasteiger partial charge in [-0.3, -0.25) is 0 Å². The van der Waals surface area contributed by atoms with E-state index in [0.29, 0.717) is 17.5 Å². The molecule has 0 fully saturated rings. The van der Waals surface area contributed by atoms with E-state index in [4.69, 9.17) is 6.54 Å². The number of phenols is 1. The van der Waals surface area contributed by atoms with Gasteiger partial charge in [-0.15, -0.1) is 0 Å². The Bertz CT molecular complexity index is 323. The van der Waals surface area contributed by atoms with Crippen LogP contribution in [-0.2, 0) is 6.42 Å². The lowest BCUT2D eigenvalue weighted by molar-refractivity contribution is 0.0696. The molecule has 0 amide bonds. The summed E-state index contributed by atoms with van der Waals surface area (Å²) in [4.78, 5) is 11.0. The highest BCUT2D eigenvalue weighted by atomic mass is 16.4. The van der Waals surface area contributed by atoms with Gasteiger partial charge in [-0.25, -0.2) is 4.79 Å². The average Bonchev–Trinajstić information content (AvgIpc) is 2.16. The predicted molar refractivity (Wildman–Crippen MR) is 44.4 cm³/mol. The van der Waals surface area contributed by atoms with Crippen LogP contribution in [0, 0.1) is 0 Å². The zero-order chi connectivity index (χ0) is 9.84. The van der Waals surface area contributed by atoms with Crippen molar-refractivity contribution in [3.63, 3.8) is 0 Å². The van der Waals surface area contributed by atoms with Crippen LogP contribution >= 0.6 is 0 Å². The van der Waals surface area contributed by atoms with Gasteiger partial charge >= 0.3 is 5.97 Å². The highest BCUT2D eigenvalue weighted by Crippen LogP contribution is 2.16. The molecule has 0 spiro atoms. The molecule has 0 aliphatic heterocycles. The van der Waals surface area contributed by atoms with Gasteiger partial charge in [0.25, 0.3) is 1.43 Å². The van der Waals surface area contributed by atoms with E-state index in [0.717, 1.165) is 0 Å². The quantitative estimate of drug-likeness (QED) is 0.704. The molecule has 0 heterocycles. The van der Waals surface area contributed by atoms with Crippen molar-refractivity contribution in [1.29, 1.82) is 1.43 Å². The minimum Gasteiger partial charge on any atom is -0.508 e. The van der Waals surface area contributed by atoms with Gasteiger partial charge in [-0.05, 0) is 30.2 Å². The summed E-state index contributed by atoms with van der Waals surface area (Å²) < 4.78 is 6.46. The van der Waals surface area contributed by atoms with Crippen LogP contribution in [0.3, 0.4) is 0 Å². The second kappa shape index (κ2) is 3.26. The van der Waals surface area contributed by atoms with Crippen molar-refractivity contribution < 1.29 is 15.0 Å². The molecule has 0 atom stereocenters. The summed E-state index contributed by atoms with van der Waals surface area (Å²) in [7, 11) is 0. The third-order valence-corrected chi connectivity index (χ3v) is 1.69. The molecule has 0 bridgehead atoms. The predicted octanol–water partition coefficient (Wildman–Crippen LogP) is 1.65. The third kappa shape index (κ3) is 1.56. The van der Waals surface area contributed by atoms with Crippen LogP contribution in [0.5, 0.6) is 5.75 Å². The Morgan fingerprint density at radius 1 is 1.67 bits per heavy atom. The SMILES string of the molecule is [2H]OC(=O)c1ccc(O)cc1CC. The molecule has 0 aliphatic rings. The molecule has 3 heteroatoms. The summed E-state index contributed by atoms with van der Waals surface area (Å²) in [5.41, 5.74) is 1.01. The molecule has 2 N–H and O–H groups in total. The number of benzene rings is 1. The van der Waals surface area contributed by atoms with Crippen molar-refractivity contribution in [1.82, 2.24) is 0 Å². The number of hydrogen-bond acceptors (Lipinski definition) is 3. The lowest BCUT2D eigenvalue weighted by Gasteiger charge is -2.02. The van der Waals surface area contributed by atoms with E-state index < -0.39 is 5.97 Å². The van der Waals surface area contributed by atoms with E-state index in [2.05, 4.69) is 5.11 Å². The summed E-state index contributed by atoms with van der Waals surface area (Å²) in [6.45, 7) is 1.86. The van der Waals surface area contributed by atoms with Crippen molar-refractivity contribution in [2.45, 2.75) is 13.3 Å². The monoisotopic (exact) mass is 167 g/mol. The number of carboxylic acid groups (broad SMARTS) is 1. The van der Waals surface area contributed by atoms with E-state index in [1.165, 1.54) is 18.2 Å². The second-order valence-electron chi connectivity index (χ2n) is 2.48. The maximum absolute atomic E-state index is 11.0. The molecule has 3 nitrogen and oxygen atoms in total. The standard InChI is InChI=1S/C9H10O3/c1-2-6-5-7(10)3-4-8(6)9(11)12/h3-5,10H,2H2,1H3,(H,11,12)/i/hD. The van der Waals surface area contributed by atoms with Crippen molar-refractivity contribution in [2.75, 3.05) is 0 Å². The van der Waals surface area contributed by atoms with Gasteiger partial charge in [0.05, 0.1) is 5.56 Å². The van der Waals surface area contributed by atoms with Gasteiger partial charge in [0.2, 0.25) is 0 Å². The average molecular weight is 167 g/mol. The zero-order valence-corrected chi connectivity index (χ0v) is 6.70. The van der Waals surface area contributed by atoms with Crippen LogP contribution in [-0.4, -0.2) is 16.2 Å². The molecule has 0 aliphatic carbocycles. The summed E-state index contributed by atoms with van der Waals surface area (Å²) >= 11 is 0. The Kier molecular flexibility index (Phi) is 1.94. The van der Waals surface area contributed by atoms with Crippen LogP contribution in [0.4, 0.5) is 0 Å². The van der Waals surface area contributed by atoms with Gasteiger partial charge in [-0.1, -0.05) is 6.92 Å². The topological polar surface area (TPSA) is 57.5 Å². The van der Waals surface area contributed by atoms with E-state index in [1.54, 1.807) is 0 Å². The number of hydrogen-bond donors (Lipinski definition) is 2. The number of aromatic carboxylic acids is 1. The highest BCUT2D eigenvalue weighted by Gasteiger charge is 2.08. The molecule has 1 rings (SSSR count). The lowest BCUT2D eigenvalue weighted by Crippen LogP contribution is -2.00. The fourth-order valence-corrected chi connectivity index (χ4v) is 1.07. The third-order valence-electron chi connectivity index (χ3n) is 1.69. The molecule has 0 aromatic heterocycles. The Hall–Kier alpha value is -1.51. The first-order chi connectivity index (χ1) is 6.19. The minimum absolute atomic E-state index is 0.110. The lowest BCUT2D eigenvalue weighted by atomic mass is 10.1. The first-order valence-corrected chi connectivity index (χ1v) is 3.68. The molecule has 0 unspecified atom stereocenters. The summed E-state index contributed by atoms with van der Waals surface area (Å²) in [6.07, 6.45) is 0.610. The maximum Gasteiger partial charge on any atom is 0.335 e. The van der Waals surface area contributed by atoms with Crippen LogP contribution in [0.25, 0.3) is 1.43 Å². The Morgan fingerprint density at radius 3 is 3.00 bits per heavy atom. The number of carbonyl (C=O) groups is 1. The zero-order valence-electron chi connectivity index (χ0n) is 7.70. The van der Waals surface area contributed by atoms with E-state index in [1.807, 2.05) is 6.92 Å². The number of rotatable bonds is 2. The Morgan fingerprint density at radius 2 is 2.42 bits per heavy atom. The van der Waals surface area contributed by atoms with Crippen LogP contribution in [0.15, 0.2) is 18.2 Å². The van der Waals surface area contributed by atoms with E-state index in [-0.39, 0.29) is 5.75 Å². The molecule has 0 saturated carbocycles. The number of carboxylic acids is 1. The van der Waals surface area contributed by atoms with E-state index >= 15 is 0 Å². The maximum atomic E-state index is 11.0. The molecule has 0 radical (unpaired) electrons. The summed E-state index contributed by atoms with van der Waals surface area (Å²) in [5, 5.41) is 13.0. The van der Waals surface area contributed by atoms with Crippen molar-refractivity contribution in [3.05, 3.63) is 29.3 Å². The fraction of sp³-hybridized carbons (Fsp3) is 0.222. The molecule has 0 saturated heterocycles. The first kappa shape index (κ1) is 7.16. The largest absolute Gasteiger partial charge is 0.508 e. The fourth-order valence-electron chi connectivity index (χ4n) is 1.07. The molecular formula is C9H10O3. The summed E-state index contributed by atoms with van der Waals surface area (Å²) in [6, 6.07) is 4.34. The summed E-state index contributed by atoms with van der Waals surface area (Å²) in [5.74, 6) is -0.588. The molecule has 1 aromatic carbocycles. The molecule has 12 heavy (non-hydrogen) atoms. The van der Waals surface area contributed by atoms with Crippen molar-refractivity contribution >= 4 is 5.97 Å². The Balaban J connectivity index is 3.13. The van der Waals surface area contributed by atoms with Gasteiger partial charge in [-0.2, -0.15) is 0 Å². The molecular weight excluding hydrogens is 156 g/mol. The first-order valence-electron chi connectivity index (χ1n) is 4.09. The number of aromatic hydroxyl groups is 1. The van der Waals surface area contributed by atoms with Crippen LogP contribution in [0.2, 0.25) is 0 Å². The van der Waals surface area contributed by atoms with Gasteiger partial charge in [0, 0.05) is 0 Å². The van der Waals surface area contributed by atoms with Crippen molar-refractivity contribution in [3.8, 4) is 5.75 Å². The Labute approximate surface area is 71.8 Å².